The lowest BCUT2D eigenvalue weighted by atomic mass is 9.88. The molecule has 2 unspecified atom stereocenters. The van der Waals surface area contributed by atoms with Gasteiger partial charge in [0, 0.05) is 18.0 Å². The number of primary amides is 1. The van der Waals surface area contributed by atoms with Gasteiger partial charge in [0.05, 0.1) is 4.70 Å². The average molecular weight is 470 g/mol. The maximum absolute atomic E-state index is 12.0. The molecule has 176 valence electrons. The van der Waals surface area contributed by atoms with Gasteiger partial charge in [-0.05, 0) is 42.9 Å². The smallest absolute Gasteiger partial charge is 0.404 e. The first-order chi connectivity index (χ1) is 16.0. The van der Waals surface area contributed by atoms with Crippen LogP contribution in [-0.2, 0) is 11.2 Å². The van der Waals surface area contributed by atoms with E-state index in [9.17, 15) is 14.7 Å². The van der Waals surface area contributed by atoms with Crippen LogP contribution in [0.3, 0.4) is 0 Å². The van der Waals surface area contributed by atoms with Crippen molar-refractivity contribution >= 4 is 27.6 Å². The molecule has 1 aromatic heterocycles. The van der Waals surface area contributed by atoms with Gasteiger partial charge in [-0.2, -0.15) is 0 Å². The Labute approximate surface area is 197 Å². The number of aromatic amines is 1. The third-order valence-electron chi connectivity index (χ3n) is 6.43. The summed E-state index contributed by atoms with van der Waals surface area (Å²) in [7, 11) is 0. The summed E-state index contributed by atoms with van der Waals surface area (Å²) in [5.41, 5.74) is 7.83. The first-order valence-electron chi connectivity index (χ1n) is 11.6. The molecule has 1 aliphatic carbocycles. The lowest BCUT2D eigenvalue weighted by Crippen LogP contribution is -2.42. The zero-order valence-electron chi connectivity index (χ0n) is 18.6. The van der Waals surface area contributed by atoms with Crippen molar-refractivity contribution in [1.82, 2.24) is 10.3 Å². The molecule has 0 aliphatic heterocycles. The fourth-order valence-electron chi connectivity index (χ4n) is 4.88. The van der Waals surface area contributed by atoms with Crippen molar-refractivity contribution in [3.8, 4) is 5.75 Å². The zero-order valence-corrected chi connectivity index (χ0v) is 19.4. The number of phenolic OH excluding ortho intramolecular Hbond substituents is 1. The van der Waals surface area contributed by atoms with Crippen LogP contribution in [0.1, 0.15) is 55.6 Å². The number of fused-ring (bicyclic) bond motifs is 1. The van der Waals surface area contributed by atoms with E-state index in [1.807, 2.05) is 24.3 Å². The third kappa shape index (κ3) is 6.15. The molecular formula is C25H31N3O4S. The topological polar surface area (TPSA) is 117 Å². The maximum Gasteiger partial charge on any atom is 0.404 e. The molecule has 2 aromatic carbocycles. The number of hydrogen-bond donors (Lipinski definition) is 4. The van der Waals surface area contributed by atoms with Gasteiger partial charge in [-0.25, -0.2) is 4.79 Å². The van der Waals surface area contributed by atoms with Crippen molar-refractivity contribution in [3.05, 3.63) is 63.3 Å². The standard InChI is InChI=1S/C25H31N3O4S/c26-24(30)32-15-17(20-11-12-21(29)22-23(20)33-25(31)28-22)14-19(13-16-7-3-1-4-8-16)27-18-9-5-2-6-10-18/h1,3-4,7-8,11-12,17-19,27,29H,2,5-6,9-10,13-15H2,(H2,26,30)(H,28,31). The summed E-state index contributed by atoms with van der Waals surface area (Å²) in [6.07, 6.45) is 6.80. The number of rotatable bonds is 9. The number of carbonyl (C=O) groups is 1. The van der Waals surface area contributed by atoms with Crippen LogP contribution in [0.4, 0.5) is 4.79 Å². The predicted octanol–water partition coefficient (Wildman–Crippen LogP) is 4.40. The minimum atomic E-state index is -0.822. The van der Waals surface area contributed by atoms with Gasteiger partial charge >= 0.3 is 11.0 Å². The van der Waals surface area contributed by atoms with E-state index in [1.54, 1.807) is 6.07 Å². The van der Waals surface area contributed by atoms with Crippen LogP contribution in [0.2, 0.25) is 0 Å². The molecule has 1 heterocycles. The van der Waals surface area contributed by atoms with E-state index < -0.39 is 6.09 Å². The summed E-state index contributed by atoms with van der Waals surface area (Å²) in [5, 5.41) is 14.1. The first-order valence-corrected chi connectivity index (χ1v) is 12.4. The van der Waals surface area contributed by atoms with Gasteiger partial charge in [0.15, 0.2) is 0 Å². The second-order valence-corrected chi connectivity index (χ2v) is 9.83. The number of benzene rings is 2. The lowest BCUT2D eigenvalue weighted by Gasteiger charge is -2.31. The van der Waals surface area contributed by atoms with Crippen LogP contribution in [0.15, 0.2) is 47.3 Å². The molecule has 0 spiro atoms. The van der Waals surface area contributed by atoms with Crippen LogP contribution >= 0.6 is 11.3 Å². The molecule has 0 saturated heterocycles. The predicted molar refractivity (Wildman–Crippen MR) is 131 cm³/mol. The molecule has 4 rings (SSSR count). The van der Waals surface area contributed by atoms with E-state index >= 15 is 0 Å². The quantitative estimate of drug-likeness (QED) is 0.371. The van der Waals surface area contributed by atoms with Crippen LogP contribution < -0.4 is 15.9 Å². The first kappa shape index (κ1) is 23.3. The van der Waals surface area contributed by atoms with Gasteiger partial charge in [0.25, 0.3) is 0 Å². The fraction of sp³-hybridized carbons (Fsp3) is 0.440. The minimum Gasteiger partial charge on any atom is -0.506 e. The highest BCUT2D eigenvalue weighted by Crippen LogP contribution is 2.35. The van der Waals surface area contributed by atoms with E-state index in [0.717, 1.165) is 36.2 Å². The van der Waals surface area contributed by atoms with E-state index in [-0.39, 0.29) is 29.2 Å². The van der Waals surface area contributed by atoms with Crippen molar-refractivity contribution in [3.63, 3.8) is 0 Å². The molecular weight excluding hydrogens is 438 g/mol. The van der Waals surface area contributed by atoms with Crippen molar-refractivity contribution in [2.45, 2.75) is 62.9 Å². The molecule has 1 aliphatic rings. The van der Waals surface area contributed by atoms with Gasteiger partial charge in [-0.1, -0.05) is 67.0 Å². The molecule has 3 aromatic rings. The molecule has 7 nitrogen and oxygen atoms in total. The molecule has 1 saturated carbocycles. The molecule has 0 radical (unpaired) electrons. The number of ether oxygens (including phenoxy) is 1. The lowest BCUT2D eigenvalue weighted by molar-refractivity contribution is 0.144. The largest absolute Gasteiger partial charge is 0.506 e. The molecule has 0 bridgehead atoms. The number of thiazole rings is 1. The molecule has 2 atom stereocenters. The Hall–Kier alpha value is -2.84. The summed E-state index contributed by atoms with van der Waals surface area (Å²) in [5.74, 6) is -0.153. The number of amides is 1. The Kier molecular flexibility index (Phi) is 7.67. The molecule has 1 fully saturated rings. The number of nitrogens with one attached hydrogen (secondary N) is 2. The number of H-pyrrole nitrogens is 1. The number of aromatic nitrogens is 1. The van der Waals surface area contributed by atoms with Crippen molar-refractivity contribution in [2.75, 3.05) is 6.61 Å². The second-order valence-electron chi connectivity index (χ2n) is 8.84. The van der Waals surface area contributed by atoms with Crippen LogP contribution in [0.25, 0.3) is 10.2 Å². The van der Waals surface area contributed by atoms with Crippen LogP contribution in [0, 0.1) is 0 Å². The zero-order chi connectivity index (χ0) is 23.2. The number of aromatic hydroxyl groups is 1. The second kappa shape index (κ2) is 10.9. The average Bonchev–Trinajstić information content (AvgIpc) is 3.20. The summed E-state index contributed by atoms with van der Waals surface area (Å²) in [6, 6.07) is 14.4. The van der Waals surface area contributed by atoms with Gasteiger partial charge < -0.3 is 25.9 Å². The number of nitrogens with two attached hydrogens (primary N) is 1. The van der Waals surface area contributed by atoms with E-state index in [0.29, 0.717) is 22.7 Å². The summed E-state index contributed by atoms with van der Waals surface area (Å²) in [6.45, 7) is 0.110. The summed E-state index contributed by atoms with van der Waals surface area (Å²) in [4.78, 5) is 26.0. The van der Waals surface area contributed by atoms with Crippen molar-refractivity contribution < 1.29 is 14.6 Å². The van der Waals surface area contributed by atoms with Crippen molar-refractivity contribution in [1.29, 1.82) is 0 Å². The number of phenols is 1. The highest BCUT2D eigenvalue weighted by atomic mass is 32.1. The number of carbonyl (C=O) groups excluding carboxylic acids is 1. The monoisotopic (exact) mass is 469 g/mol. The van der Waals surface area contributed by atoms with Gasteiger partial charge in [-0.15, -0.1) is 0 Å². The van der Waals surface area contributed by atoms with Gasteiger partial charge in [-0.3, -0.25) is 4.79 Å². The van der Waals surface area contributed by atoms with E-state index in [4.69, 9.17) is 10.5 Å². The Morgan fingerprint density at radius 3 is 2.67 bits per heavy atom. The van der Waals surface area contributed by atoms with Crippen molar-refractivity contribution in [2.24, 2.45) is 5.73 Å². The maximum atomic E-state index is 12.0. The third-order valence-corrected chi connectivity index (χ3v) is 7.36. The molecule has 1 amide bonds. The highest BCUT2D eigenvalue weighted by Gasteiger charge is 2.26. The molecule has 8 heteroatoms. The Bertz CT molecular complexity index is 1120. The summed E-state index contributed by atoms with van der Waals surface area (Å²) < 4.78 is 5.94. The summed E-state index contributed by atoms with van der Waals surface area (Å²) >= 11 is 1.06. The SMILES string of the molecule is NC(=O)OCC(CC(Cc1ccccc1)NC1CCCCC1)c1ccc(O)c2[nH]c(=O)sc12. The Morgan fingerprint density at radius 1 is 1.18 bits per heavy atom. The van der Waals surface area contributed by atoms with Crippen LogP contribution in [-0.4, -0.2) is 34.9 Å². The molecule has 5 N–H and O–H groups in total. The fourth-order valence-corrected chi connectivity index (χ4v) is 5.83. The Balaban J connectivity index is 1.64. The van der Waals surface area contributed by atoms with Gasteiger partial charge in [0.1, 0.15) is 17.9 Å². The molecule has 33 heavy (non-hydrogen) atoms. The van der Waals surface area contributed by atoms with Crippen LogP contribution in [0.5, 0.6) is 5.75 Å². The van der Waals surface area contributed by atoms with E-state index in [1.165, 1.54) is 24.8 Å². The Morgan fingerprint density at radius 2 is 1.94 bits per heavy atom. The van der Waals surface area contributed by atoms with Gasteiger partial charge in [0.2, 0.25) is 0 Å². The highest BCUT2D eigenvalue weighted by molar-refractivity contribution is 7.16. The van der Waals surface area contributed by atoms with E-state index in [2.05, 4.69) is 22.4 Å². The minimum absolute atomic E-state index is 0.0304. The number of hydrogen-bond acceptors (Lipinski definition) is 6. The normalized spacial score (nSPS) is 16.5.